The molecule has 0 N–H and O–H groups in total. The summed E-state index contributed by atoms with van der Waals surface area (Å²) < 4.78 is 29.4. The molecule has 1 saturated heterocycles. The topological polar surface area (TPSA) is 80.5 Å². The van der Waals surface area contributed by atoms with Crippen LogP contribution in [0.2, 0.25) is 5.02 Å². The van der Waals surface area contributed by atoms with E-state index in [1.54, 1.807) is 42.4 Å². The van der Waals surface area contributed by atoms with Crippen LogP contribution in [0.5, 0.6) is 0 Å². The third-order valence-electron chi connectivity index (χ3n) is 4.88. The Bertz CT molecular complexity index is 1140. The maximum absolute atomic E-state index is 13.4. The summed E-state index contributed by atoms with van der Waals surface area (Å²) in [5, 5.41) is 1.30. The Morgan fingerprint density at radius 3 is 2.83 bits per heavy atom. The van der Waals surface area contributed by atoms with E-state index in [0.29, 0.717) is 32.8 Å². The zero-order valence-electron chi connectivity index (χ0n) is 15.7. The first-order valence-corrected chi connectivity index (χ1v) is 12.1. The summed E-state index contributed by atoms with van der Waals surface area (Å²) in [7, 11) is -3.14. The molecule has 0 unspecified atom stereocenters. The molecule has 9 heteroatoms. The quantitative estimate of drug-likeness (QED) is 0.582. The number of aromatic nitrogens is 1. The first-order valence-electron chi connectivity index (χ1n) is 9.09. The number of carbonyl (C=O) groups excluding carboxylic acids is 1. The maximum atomic E-state index is 13.4. The number of amides is 1. The number of nitrogens with zero attached hydrogens (tertiary/aromatic N) is 2. The Labute approximate surface area is 178 Å². The molecule has 0 radical (unpaired) electrons. The second-order valence-corrected chi connectivity index (χ2v) is 10.7. The minimum Gasteiger partial charge on any atom is -0.467 e. The third-order valence-corrected chi connectivity index (χ3v) is 8.06. The van der Waals surface area contributed by atoms with E-state index in [9.17, 15) is 13.2 Å². The predicted molar refractivity (Wildman–Crippen MR) is 113 cm³/mol. The van der Waals surface area contributed by atoms with Crippen molar-refractivity contribution in [3.63, 3.8) is 0 Å². The molecule has 1 fully saturated rings. The highest BCUT2D eigenvalue weighted by atomic mass is 35.5. The molecule has 1 aliphatic rings. The van der Waals surface area contributed by atoms with Crippen LogP contribution in [0.3, 0.4) is 0 Å². The third kappa shape index (κ3) is 4.39. The van der Waals surface area contributed by atoms with E-state index in [1.165, 1.54) is 11.3 Å². The average molecular weight is 451 g/mol. The summed E-state index contributed by atoms with van der Waals surface area (Å²) in [6, 6.07) is 10.5. The smallest absolute Gasteiger partial charge is 0.266 e. The van der Waals surface area contributed by atoms with Gasteiger partial charge in [-0.1, -0.05) is 23.7 Å². The van der Waals surface area contributed by atoms with Crippen LogP contribution in [0.4, 0.5) is 0 Å². The van der Waals surface area contributed by atoms with Gasteiger partial charge in [0.15, 0.2) is 9.84 Å². The highest BCUT2D eigenvalue weighted by Crippen LogP contribution is 2.32. The van der Waals surface area contributed by atoms with Gasteiger partial charge in [-0.3, -0.25) is 4.79 Å². The predicted octanol–water partition coefficient (Wildman–Crippen LogP) is 4.19. The number of sulfone groups is 1. The number of thiazole rings is 1. The normalized spacial score (nSPS) is 18.1. The molecule has 0 saturated carbocycles. The molecule has 0 aliphatic carbocycles. The molecule has 3 aromatic rings. The van der Waals surface area contributed by atoms with Gasteiger partial charge in [-0.15, -0.1) is 11.3 Å². The van der Waals surface area contributed by atoms with E-state index < -0.39 is 9.84 Å². The standard InChI is InChI=1S/C20H19ClN2O4S2/c1-13-18(28-19(22-13)14-4-2-5-15(21)10-14)20(24)23(11-17-6-3-8-27-17)16-7-9-29(25,26)12-16/h2-6,8,10,16H,7,9,11-12H2,1H3/t16-/m0/s1. The summed E-state index contributed by atoms with van der Waals surface area (Å²) in [5.74, 6) is 0.444. The van der Waals surface area contributed by atoms with Gasteiger partial charge in [0.2, 0.25) is 0 Å². The summed E-state index contributed by atoms with van der Waals surface area (Å²) >= 11 is 7.37. The Morgan fingerprint density at radius 1 is 1.34 bits per heavy atom. The fourth-order valence-electron chi connectivity index (χ4n) is 3.43. The average Bonchev–Trinajstić information content (AvgIpc) is 3.39. The second kappa shape index (κ2) is 7.93. The molecule has 3 heterocycles. The van der Waals surface area contributed by atoms with Gasteiger partial charge in [-0.2, -0.15) is 0 Å². The Kier molecular flexibility index (Phi) is 5.50. The van der Waals surface area contributed by atoms with Crippen LogP contribution >= 0.6 is 22.9 Å². The number of hydrogen-bond donors (Lipinski definition) is 0. The van der Waals surface area contributed by atoms with Crippen molar-refractivity contribution in [2.45, 2.75) is 25.9 Å². The highest BCUT2D eigenvalue weighted by Gasteiger charge is 2.36. The van der Waals surface area contributed by atoms with Crippen molar-refractivity contribution in [3.05, 3.63) is 64.0 Å². The van der Waals surface area contributed by atoms with Gasteiger partial charge in [-0.05, 0) is 37.6 Å². The fourth-order valence-corrected chi connectivity index (χ4v) is 6.37. The van der Waals surface area contributed by atoms with Crippen molar-refractivity contribution in [1.82, 2.24) is 9.88 Å². The second-order valence-electron chi connectivity index (χ2n) is 7.01. The number of furan rings is 1. The van der Waals surface area contributed by atoms with Crippen LogP contribution in [0, 0.1) is 6.92 Å². The maximum Gasteiger partial charge on any atom is 0.266 e. The number of carbonyl (C=O) groups is 1. The van der Waals surface area contributed by atoms with Crippen molar-refractivity contribution < 1.29 is 17.6 Å². The van der Waals surface area contributed by atoms with Crippen molar-refractivity contribution in [3.8, 4) is 10.6 Å². The molecule has 152 valence electrons. The summed E-state index contributed by atoms with van der Waals surface area (Å²) in [4.78, 5) is 20.1. The molecule has 4 rings (SSSR count). The zero-order valence-corrected chi connectivity index (χ0v) is 18.1. The van der Waals surface area contributed by atoms with Crippen LogP contribution in [0.25, 0.3) is 10.6 Å². The summed E-state index contributed by atoms with van der Waals surface area (Å²) in [5.41, 5.74) is 1.45. The minimum absolute atomic E-state index is 0.0293. The lowest BCUT2D eigenvalue weighted by Gasteiger charge is -2.27. The molecule has 29 heavy (non-hydrogen) atoms. The number of benzene rings is 1. The molecule has 1 atom stereocenters. The molecule has 1 aromatic carbocycles. The van der Waals surface area contributed by atoms with E-state index in [4.69, 9.17) is 16.0 Å². The van der Waals surface area contributed by atoms with E-state index >= 15 is 0 Å². The van der Waals surface area contributed by atoms with Crippen molar-refractivity contribution in [2.24, 2.45) is 0 Å². The monoisotopic (exact) mass is 450 g/mol. The molecule has 0 spiro atoms. The minimum atomic E-state index is -3.14. The van der Waals surface area contributed by atoms with Gasteiger partial charge >= 0.3 is 0 Å². The Morgan fingerprint density at radius 2 is 2.17 bits per heavy atom. The number of aryl methyl sites for hydroxylation is 1. The van der Waals surface area contributed by atoms with Crippen LogP contribution in [0.1, 0.15) is 27.5 Å². The van der Waals surface area contributed by atoms with Gasteiger partial charge in [0, 0.05) is 16.6 Å². The molecule has 0 bridgehead atoms. The zero-order chi connectivity index (χ0) is 20.6. The lowest BCUT2D eigenvalue weighted by molar-refractivity contribution is 0.0670. The van der Waals surface area contributed by atoms with E-state index in [2.05, 4.69) is 4.98 Å². The molecular weight excluding hydrogens is 432 g/mol. The Hall–Kier alpha value is -2.16. The lowest BCUT2D eigenvalue weighted by Crippen LogP contribution is -2.40. The number of rotatable bonds is 5. The van der Waals surface area contributed by atoms with Crippen molar-refractivity contribution >= 4 is 38.7 Å². The molecule has 1 aliphatic heterocycles. The van der Waals surface area contributed by atoms with Crippen LogP contribution in [0.15, 0.2) is 47.1 Å². The summed E-state index contributed by atoms with van der Waals surface area (Å²) in [6.45, 7) is 2.00. The van der Waals surface area contributed by atoms with Crippen LogP contribution in [-0.2, 0) is 16.4 Å². The largest absolute Gasteiger partial charge is 0.467 e. The van der Waals surface area contributed by atoms with E-state index in [0.717, 1.165) is 5.56 Å². The van der Waals surface area contributed by atoms with E-state index in [1.807, 2.05) is 12.1 Å². The number of halogens is 1. The Balaban J connectivity index is 1.67. The number of hydrogen-bond acceptors (Lipinski definition) is 6. The first kappa shape index (κ1) is 20.1. The molecule has 1 amide bonds. The van der Waals surface area contributed by atoms with Gasteiger partial charge in [-0.25, -0.2) is 13.4 Å². The lowest BCUT2D eigenvalue weighted by atomic mass is 10.2. The SMILES string of the molecule is Cc1nc(-c2cccc(Cl)c2)sc1C(=O)N(Cc1ccco1)[C@H]1CCS(=O)(=O)C1. The molecule has 6 nitrogen and oxygen atoms in total. The fraction of sp³-hybridized carbons (Fsp3) is 0.300. The van der Waals surface area contributed by atoms with Crippen LogP contribution in [-0.4, -0.2) is 41.8 Å². The van der Waals surface area contributed by atoms with Gasteiger partial charge in [0.05, 0.1) is 30.0 Å². The molecular formula is C20H19ClN2O4S2. The van der Waals surface area contributed by atoms with E-state index in [-0.39, 0.29) is 30.0 Å². The molecule has 2 aromatic heterocycles. The summed E-state index contributed by atoms with van der Waals surface area (Å²) in [6.07, 6.45) is 1.96. The van der Waals surface area contributed by atoms with Gasteiger partial charge < -0.3 is 9.32 Å². The van der Waals surface area contributed by atoms with Gasteiger partial charge in [0.1, 0.15) is 15.6 Å². The first-order chi connectivity index (χ1) is 13.8. The van der Waals surface area contributed by atoms with Crippen molar-refractivity contribution in [1.29, 1.82) is 0 Å². The highest BCUT2D eigenvalue weighted by molar-refractivity contribution is 7.91. The van der Waals surface area contributed by atoms with Crippen LogP contribution < -0.4 is 0 Å². The van der Waals surface area contributed by atoms with Gasteiger partial charge in [0.25, 0.3) is 5.91 Å². The van der Waals surface area contributed by atoms with Crippen molar-refractivity contribution in [2.75, 3.05) is 11.5 Å².